The molecule has 0 aliphatic heterocycles. The van der Waals surface area contributed by atoms with E-state index in [0.29, 0.717) is 11.5 Å². The Morgan fingerprint density at radius 1 is 1.29 bits per heavy atom. The van der Waals surface area contributed by atoms with Crippen LogP contribution in [-0.2, 0) is 0 Å². The van der Waals surface area contributed by atoms with Crippen molar-refractivity contribution in [3.8, 4) is 11.5 Å². The zero-order chi connectivity index (χ0) is 10.6. The van der Waals surface area contributed by atoms with E-state index in [1.807, 2.05) is 0 Å². The molecular formula is C9H7BrClFO2. The highest BCUT2D eigenvalue weighted by Gasteiger charge is 2.03. The van der Waals surface area contributed by atoms with Gasteiger partial charge in [-0.1, -0.05) is 11.6 Å². The molecule has 0 aromatic heterocycles. The largest absolute Gasteiger partial charge is 0.497 e. The second-order valence-electron chi connectivity index (χ2n) is 2.31. The van der Waals surface area contributed by atoms with Gasteiger partial charge in [0.05, 0.1) is 7.11 Å². The molecule has 1 aromatic carbocycles. The lowest BCUT2D eigenvalue weighted by Crippen LogP contribution is -1.90. The summed E-state index contributed by atoms with van der Waals surface area (Å²) in [6, 6.07) is 5.59. The topological polar surface area (TPSA) is 18.5 Å². The van der Waals surface area contributed by atoms with Gasteiger partial charge in [0.2, 0.25) is 0 Å². The van der Waals surface area contributed by atoms with Crippen molar-refractivity contribution in [2.45, 2.75) is 0 Å². The molecule has 76 valence electrons. The lowest BCUT2D eigenvalue weighted by Gasteiger charge is -2.03. The molecule has 14 heavy (non-hydrogen) atoms. The maximum atomic E-state index is 12.8. The van der Waals surface area contributed by atoms with Gasteiger partial charge < -0.3 is 9.47 Å². The van der Waals surface area contributed by atoms with E-state index in [2.05, 4.69) is 15.9 Å². The van der Waals surface area contributed by atoms with Crippen molar-refractivity contribution in [2.24, 2.45) is 0 Å². The number of benzene rings is 1. The van der Waals surface area contributed by atoms with Gasteiger partial charge in [0.25, 0.3) is 0 Å². The molecule has 0 atom stereocenters. The zero-order valence-corrected chi connectivity index (χ0v) is 9.60. The molecule has 1 rings (SSSR count). The maximum absolute atomic E-state index is 12.8. The van der Waals surface area contributed by atoms with E-state index in [9.17, 15) is 4.39 Å². The zero-order valence-electron chi connectivity index (χ0n) is 7.26. The van der Waals surface area contributed by atoms with Gasteiger partial charge in [0, 0.05) is 0 Å². The summed E-state index contributed by atoms with van der Waals surface area (Å²) in [4.78, 5) is 0. The Labute approximate surface area is 94.4 Å². The summed E-state index contributed by atoms with van der Waals surface area (Å²) in [5, 5.41) is 0. The van der Waals surface area contributed by atoms with Crippen molar-refractivity contribution in [2.75, 3.05) is 7.11 Å². The van der Waals surface area contributed by atoms with Crippen molar-refractivity contribution < 1.29 is 13.9 Å². The van der Waals surface area contributed by atoms with Crippen LogP contribution in [0.4, 0.5) is 4.39 Å². The van der Waals surface area contributed by atoms with E-state index < -0.39 is 6.01 Å². The number of ether oxygens (including phenoxy) is 2. The van der Waals surface area contributed by atoms with E-state index in [1.165, 1.54) is 0 Å². The van der Waals surface area contributed by atoms with E-state index in [1.54, 1.807) is 31.4 Å². The van der Waals surface area contributed by atoms with Crippen LogP contribution in [0, 0.1) is 0 Å². The SMILES string of the molecule is COc1ccc(O/C(F)=C(/Cl)Br)cc1. The van der Waals surface area contributed by atoms with Crippen LogP contribution in [-0.4, -0.2) is 7.11 Å². The van der Waals surface area contributed by atoms with Gasteiger partial charge in [-0.15, -0.1) is 0 Å². The molecule has 0 amide bonds. The minimum absolute atomic E-state index is 0.201. The van der Waals surface area contributed by atoms with Crippen molar-refractivity contribution in [1.82, 2.24) is 0 Å². The number of hydrogen-bond acceptors (Lipinski definition) is 2. The third-order valence-electron chi connectivity index (χ3n) is 1.42. The molecule has 0 spiro atoms. The van der Waals surface area contributed by atoms with Crippen LogP contribution in [0.1, 0.15) is 0 Å². The fourth-order valence-corrected chi connectivity index (χ4v) is 0.905. The first kappa shape index (κ1) is 11.3. The Morgan fingerprint density at radius 2 is 1.79 bits per heavy atom. The van der Waals surface area contributed by atoms with Gasteiger partial charge in [-0.3, -0.25) is 0 Å². The Kier molecular flexibility index (Phi) is 4.22. The molecule has 2 nitrogen and oxygen atoms in total. The molecule has 0 saturated carbocycles. The van der Waals surface area contributed by atoms with Gasteiger partial charge in [0.1, 0.15) is 11.5 Å². The van der Waals surface area contributed by atoms with Crippen LogP contribution in [0.15, 0.2) is 34.2 Å². The second-order valence-corrected chi connectivity index (χ2v) is 3.94. The summed E-state index contributed by atoms with van der Waals surface area (Å²) in [6.45, 7) is 0. The average Bonchev–Trinajstić information content (AvgIpc) is 2.19. The fourth-order valence-electron chi connectivity index (χ4n) is 0.786. The average molecular weight is 282 g/mol. The predicted octanol–water partition coefficient (Wildman–Crippen LogP) is 3.80. The van der Waals surface area contributed by atoms with Crippen LogP contribution >= 0.6 is 27.5 Å². The summed E-state index contributed by atoms with van der Waals surface area (Å²) < 4.78 is 22.3. The van der Waals surface area contributed by atoms with Crippen LogP contribution in [0.5, 0.6) is 11.5 Å². The lowest BCUT2D eigenvalue weighted by molar-refractivity contribution is 0.302. The summed E-state index contributed by atoms with van der Waals surface area (Å²) in [7, 11) is 1.55. The third-order valence-corrected chi connectivity index (χ3v) is 1.88. The predicted molar refractivity (Wildman–Crippen MR) is 56.5 cm³/mol. The summed E-state index contributed by atoms with van der Waals surface area (Å²) >= 11 is 8.05. The Balaban J connectivity index is 2.74. The molecule has 0 aliphatic rings. The van der Waals surface area contributed by atoms with Gasteiger partial charge in [0.15, 0.2) is 3.94 Å². The molecule has 0 unspecified atom stereocenters. The molecule has 0 saturated heterocycles. The van der Waals surface area contributed by atoms with Crippen LogP contribution in [0.25, 0.3) is 0 Å². The van der Waals surface area contributed by atoms with Gasteiger partial charge in [-0.05, 0) is 40.2 Å². The second kappa shape index (κ2) is 5.22. The highest BCUT2D eigenvalue weighted by molar-refractivity contribution is 9.12. The first-order chi connectivity index (χ1) is 6.63. The number of halogens is 3. The normalized spacial score (nSPS) is 12.0. The van der Waals surface area contributed by atoms with Crippen molar-refractivity contribution >= 4 is 27.5 Å². The molecule has 0 radical (unpaired) electrons. The highest BCUT2D eigenvalue weighted by Crippen LogP contribution is 2.23. The molecule has 0 fully saturated rings. The van der Waals surface area contributed by atoms with Crippen molar-refractivity contribution in [1.29, 1.82) is 0 Å². The first-order valence-electron chi connectivity index (χ1n) is 3.66. The first-order valence-corrected chi connectivity index (χ1v) is 4.83. The van der Waals surface area contributed by atoms with E-state index in [0.717, 1.165) is 0 Å². The minimum Gasteiger partial charge on any atom is -0.497 e. The number of hydrogen-bond donors (Lipinski definition) is 0. The molecule has 0 N–H and O–H groups in total. The Bertz CT molecular complexity index is 333. The fraction of sp³-hybridized carbons (Fsp3) is 0.111. The van der Waals surface area contributed by atoms with E-state index in [-0.39, 0.29) is 3.94 Å². The van der Waals surface area contributed by atoms with Gasteiger partial charge in [-0.25, -0.2) is 0 Å². The van der Waals surface area contributed by atoms with E-state index in [4.69, 9.17) is 21.1 Å². The minimum atomic E-state index is -0.878. The number of rotatable bonds is 3. The standard InChI is InChI=1S/C9H7BrClFO2/c1-13-6-2-4-7(5-3-6)14-9(12)8(10)11/h2-5H,1H3/b9-8+. The third kappa shape index (κ3) is 3.20. The maximum Gasteiger partial charge on any atom is 0.304 e. The molecular weight excluding hydrogens is 274 g/mol. The molecule has 5 heteroatoms. The summed E-state index contributed by atoms with van der Waals surface area (Å²) in [5.74, 6) is 1.02. The van der Waals surface area contributed by atoms with Crippen molar-refractivity contribution in [3.63, 3.8) is 0 Å². The lowest BCUT2D eigenvalue weighted by atomic mass is 10.3. The summed E-state index contributed by atoms with van der Waals surface area (Å²) in [5.41, 5.74) is 0. The summed E-state index contributed by atoms with van der Waals surface area (Å²) in [6.07, 6.45) is 0. The van der Waals surface area contributed by atoms with Crippen LogP contribution in [0.3, 0.4) is 0 Å². The monoisotopic (exact) mass is 280 g/mol. The van der Waals surface area contributed by atoms with Crippen LogP contribution < -0.4 is 9.47 Å². The van der Waals surface area contributed by atoms with E-state index >= 15 is 0 Å². The highest BCUT2D eigenvalue weighted by atomic mass is 79.9. The Morgan fingerprint density at radius 3 is 2.21 bits per heavy atom. The van der Waals surface area contributed by atoms with Crippen molar-refractivity contribution in [3.05, 3.63) is 34.2 Å². The van der Waals surface area contributed by atoms with Gasteiger partial charge >= 0.3 is 6.01 Å². The molecule has 1 aromatic rings. The molecule has 0 heterocycles. The quantitative estimate of drug-likeness (QED) is 0.785. The molecule has 0 bridgehead atoms. The van der Waals surface area contributed by atoms with Gasteiger partial charge in [-0.2, -0.15) is 4.39 Å². The smallest absolute Gasteiger partial charge is 0.304 e. The Hall–Kier alpha value is -0.740. The van der Waals surface area contributed by atoms with Crippen LogP contribution in [0.2, 0.25) is 0 Å². The number of methoxy groups -OCH3 is 1. The molecule has 0 aliphatic carbocycles.